The van der Waals surface area contributed by atoms with Gasteiger partial charge in [-0.15, -0.1) is 0 Å². The maximum Gasteiger partial charge on any atom is 0.274 e. The third-order valence-corrected chi connectivity index (χ3v) is 5.12. The quantitative estimate of drug-likeness (QED) is 0.637. The van der Waals surface area contributed by atoms with Crippen molar-refractivity contribution < 1.29 is 4.79 Å². The van der Waals surface area contributed by atoms with Crippen LogP contribution in [0.15, 0.2) is 66.9 Å². The van der Waals surface area contributed by atoms with Crippen LogP contribution in [-0.2, 0) is 0 Å². The second kappa shape index (κ2) is 9.10. The molecular formula is C24H23N5O. The third kappa shape index (κ3) is 4.76. The van der Waals surface area contributed by atoms with Gasteiger partial charge in [0.2, 0.25) is 0 Å². The fourth-order valence-corrected chi connectivity index (χ4v) is 3.57. The molecule has 0 saturated carbocycles. The van der Waals surface area contributed by atoms with Crippen LogP contribution < -0.4 is 15.5 Å². The number of nitrogens with one attached hydrogen (secondary N) is 2. The van der Waals surface area contributed by atoms with E-state index in [1.807, 2.05) is 24.3 Å². The van der Waals surface area contributed by atoms with Crippen LogP contribution in [-0.4, -0.2) is 24.0 Å². The lowest BCUT2D eigenvalue weighted by Crippen LogP contribution is -2.29. The molecule has 2 N–H and O–H groups in total. The van der Waals surface area contributed by atoms with Crippen LogP contribution in [0.5, 0.6) is 0 Å². The SMILES string of the molecule is N#Cc1cccc(Nc2ccnc(C(=O)Nc3ccc(N4CCCCC4)cc3)c2)c1. The first-order valence-electron chi connectivity index (χ1n) is 10.1. The van der Waals surface area contributed by atoms with E-state index in [2.05, 4.69) is 38.7 Å². The zero-order chi connectivity index (χ0) is 20.8. The highest BCUT2D eigenvalue weighted by Gasteiger charge is 2.12. The molecule has 30 heavy (non-hydrogen) atoms. The number of hydrogen-bond donors (Lipinski definition) is 2. The minimum Gasteiger partial charge on any atom is -0.372 e. The van der Waals surface area contributed by atoms with Crippen LogP contribution in [0, 0.1) is 11.3 Å². The first-order valence-corrected chi connectivity index (χ1v) is 10.1. The summed E-state index contributed by atoms with van der Waals surface area (Å²) < 4.78 is 0. The van der Waals surface area contributed by atoms with Gasteiger partial charge in [0, 0.05) is 42.0 Å². The van der Waals surface area contributed by atoms with Crippen molar-refractivity contribution in [2.24, 2.45) is 0 Å². The van der Waals surface area contributed by atoms with Gasteiger partial charge in [-0.25, -0.2) is 0 Å². The Morgan fingerprint density at radius 2 is 1.70 bits per heavy atom. The van der Waals surface area contributed by atoms with Crippen molar-refractivity contribution in [1.82, 2.24) is 4.98 Å². The second-order valence-electron chi connectivity index (χ2n) is 7.30. The van der Waals surface area contributed by atoms with E-state index in [4.69, 9.17) is 5.26 Å². The van der Waals surface area contributed by atoms with Crippen LogP contribution in [0.4, 0.5) is 22.7 Å². The second-order valence-corrected chi connectivity index (χ2v) is 7.30. The number of aromatic nitrogens is 1. The van der Waals surface area contributed by atoms with Crippen molar-refractivity contribution in [3.8, 4) is 6.07 Å². The molecule has 1 aliphatic rings. The number of nitrogens with zero attached hydrogens (tertiary/aromatic N) is 3. The third-order valence-electron chi connectivity index (χ3n) is 5.12. The molecule has 1 fully saturated rings. The summed E-state index contributed by atoms with van der Waals surface area (Å²) in [6.07, 6.45) is 5.35. The first-order chi connectivity index (χ1) is 14.7. The van der Waals surface area contributed by atoms with Gasteiger partial charge in [0.05, 0.1) is 11.6 Å². The number of anilines is 4. The number of amides is 1. The summed E-state index contributed by atoms with van der Waals surface area (Å²) in [5.74, 6) is -0.268. The molecule has 3 aromatic rings. The summed E-state index contributed by atoms with van der Waals surface area (Å²) in [5.41, 5.74) is 4.32. The number of nitriles is 1. The number of benzene rings is 2. The molecule has 0 unspecified atom stereocenters. The molecule has 4 rings (SSSR count). The number of carbonyl (C=O) groups is 1. The number of carbonyl (C=O) groups excluding carboxylic acids is 1. The molecule has 0 bridgehead atoms. The summed E-state index contributed by atoms with van der Waals surface area (Å²) in [4.78, 5) is 19.2. The average molecular weight is 397 g/mol. The van der Waals surface area contributed by atoms with Gasteiger partial charge in [0.25, 0.3) is 5.91 Å². The minimum atomic E-state index is -0.268. The normalized spacial score (nSPS) is 13.4. The van der Waals surface area contributed by atoms with Gasteiger partial charge in [-0.1, -0.05) is 6.07 Å². The molecular weight excluding hydrogens is 374 g/mol. The lowest BCUT2D eigenvalue weighted by molar-refractivity contribution is 0.102. The monoisotopic (exact) mass is 397 g/mol. The van der Waals surface area contributed by atoms with E-state index in [0.717, 1.165) is 30.2 Å². The van der Waals surface area contributed by atoms with Crippen molar-refractivity contribution in [3.05, 3.63) is 78.1 Å². The van der Waals surface area contributed by atoms with Crippen molar-refractivity contribution >= 4 is 28.7 Å². The lowest BCUT2D eigenvalue weighted by Gasteiger charge is -2.28. The standard InChI is InChI=1S/C24H23N5O/c25-17-18-5-4-6-20(15-18)27-21-11-12-26-23(16-21)24(30)28-19-7-9-22(10-8-19)29-13-2-1-3-14-29/h4-12,15-16H,1-3,13-14H2,(H,26,27)(H,28,30). The molecule has 150 valence electrons. The maximum atomic E-state index is 12.7. The van der Waals surface area contributed by atoms with Gasteiger partial charge >= 0.3 is 0 Å². The van der Waals surface area contributed by atoms with Crippen molar-refractivity contribution in [3.63, 3.8) is 0 Å². The molecule has 6 nitrogen and oxygen atoms in total. The van der Waals surface area contributed by atoms with Crippen molar-refractivity contribution in [1.29, 1.82) is 5.26 Å². The molecule has 2 aromatic carbocycles. The van der Waals surface area contributed by atoms with Gasteiger partial charge in [0.1, 0.15) is 5.69 Å². The molecule has 1 saturated heterocycles. The number of piperidine rings is 1. The lowest BCUT2D eigenvalue weighted by atomic mass is 10.1. The Morgan fingerprint density at radius 1 is 0.933 bits per heavy atom. The van der Waals surface area contributed by atoms with E-state index in [0.29, 0.717) is 11.3 Å². The topological polar surface area (TPSA) is 81.0 Å². The van der Waals surface area contributed by atoms with Crippen LogP contribution in [0.25, 0.3) is 0 Å². The highest BCUT2D eigenvalue weighted by molar-refractivity contribution is 6.03. The van der Waals surface area contributed by atoms with Gasteiger partial charge < -0.3 is 15.5 Å². The Bertz CT molecular complexity index is 1070. The van der Waals surface area contributed by atoms with Crippen molar-refractivity contribution in [2.45, 2.75) is 19.3 Å². The van der Waals surface area contributed by atoms with E-state index in [9.17, 15) is 4.79 Å². The van der Waals surface area contributed by atoms with Gasteiger partial charge in [-0.2, -0.15) is 5.26 Å². The highest BCUT2D eigenvalue weighted by Crippen LogP contribution is 2.22. The van der Waals surface area contributed by atoms with E-state index >= 15 is 0 Å². The smallest absolute Gasteiger partial charge is 0.274 e. The Balaban J connectivity index is 1.42. The van der Waals surface area contributed by atoms with E-state index in [1.165, 1.54) is 24.9 Å². The van der Waals surface area contributed by atoms with Gasteiger partial charge in [-0.05, 0) is 73.9 Å². The fourth-order valence-electron chi connectivity index (χ4n) is 3.57. The molecule has 1 aromatic heterocycles. The zero-order valence-electron chi connectivity index (χ0n) is 16.6. The Labute approximate surface area is 176 Å². The molecule has 0 aliphatic carbocycles. The molecule has 1 amide bonds. The summed E-state index contributed by atoms with van der Waals surface area (Å²) in [6, 6.07) is 20.7. The molecule has 2 heterocycles. The summed E-state index contributed by atoms with van der Waals surface area (Å²) in [6.45, 7) is 2.18. The van der Waals surface area contributed by atoms with Gasteiger partial charge in [-0.3, -0.25) is 9.78 Å². The van der Waals surface area contributed by atoms with E-state index in [-0.39, 0.29) is 5.91 Å². The average Bonchev–Trinajstić information content (AvgIpc) is 2.80. The Kier molecular flexibility index (Phi) is 5.90. The first kappa shape index (κ1) is 19.5. The van der Waals surface area contributed by atoms with Crippen LogP contribution in [0.2, 0.25) is 0 Å². The molecule has 6 heteroatoms. The maximum absolute atomic E-state index is 12.7. The predicted molar refractivity (Wildman–Crippen MR) is 119 cm³/mol. The zero-order valence-corrected chi connectivity index (χ0v) is 16.6. The summed E-state index contributed by atoms with van der Waals surface area (Å²) in [7, 11) is 0. The van der Waals surface area contributed by atoms with E-state index < -0.39 is 0 Å². The highest BCUT2D eigenvalue weighted by atomic mass is 16.1. The minimum absolute atomic E-state index is 0.268. The molecule has 0 atom stereocenters. The van der Waals surface area contributed by atoms with Gasteiger partial charge in [0.15, 0.2) is 0 Å². The molecule has 1 aliphatic heterocycles. The number of pyridine rings is 1. The Morgan fingerprint density at radius 3 is 2.47 bits per heavy atom. The summed E-state index contributed by atoms with van der Waals surface area (Å²) >= 11 is 0. The largest absolute Gasteiger partial charge is 0.372 e. The van der Waals surface area contributed by atoms with Crippen LogP contribution >= 0.6 is 0 Å². The number of rotatable bonds is 5. The fraction of sp³-hybridized carbons (Fsp3) is 0.208. The molecule has 0 radical (unpaired) electrons. The summed E-state index contributed by atoms with van der Waals surface area (Å²) in [5, 5.41) is 15.1. The van der Waals surface area contributed by atoms with E-state index in [1.54, 1.807) is 30.5 Å². The Hall–Kier alpha value is -3.85. The van der Waals surface area contributed by atoms with Crippen LogP contribution in [0.1, 0.15) is 35.3 Å². The van der Waals surface area contributed by atoms with Crippen LogP contribution in [0.3, 0.4) is 0 Å². The van der Waals surface area contributed by atoms with Crippen molar-refractivity contribution in [2.75, 3.05) is 28.6 Å². The predicted octanol–water partition coefficient (Wildman–Crippen LogP) is 4.94. The number of hydrogen-bond acceptors (Lipinski definition) is 5. The molecule has 0 spiro atoms.